The van der Waals surface area contributed by atoms with Gasteiger partial charge in [0.25, 0.3) is 0 Å². The monoisotopic (exact) mass is 293 g/mol. The Balaban J connectivity index is 1.79. The summed E-state index contributed by atoms with van der Waals surface area (Å²) in [4.78, 5) is 8.42. The summed E-state index contributed by atoms with van der Waals surface area (Å²) in [5, 5.41) is 3.85. The van der Waals surface area contributed by atoms with E-state index in [2.05, 4.69) is 36.0 Å². The zero-order valence-corrected chi connectivity index (χ0v) is 13.8. The Morgan fingerprint density at radius 1 is 1.40 bits per heavy atom. The van der Waals surface area contributed by atoms with E-state index in [4.69, 9.17) is 0 Å². The lowest BCUT2D eigenvalue weighted by molar-refractivity contribution is 0.0114. The number of rotatable bonds is 2. The van der Waals surface area contributed by atoms with Gasteiger partial charge in [0.2, 0.25) is 0 Å². The molecular weight excluding hydrogens is 266 g/mol. The molecule has 0 aromatic carbocycles. The molecule has 3 rings (SSSR count). The van der Waals surface area contributed by atoms with Crippen molar-refractivity contribution in [3.8, 4) is 0 Å². The van der Waals surface area contributed by atoms with E-state index in [0.717, 1.165) is 13.1 Å². The van der Waals surface area contributed by atoms with Crippen molar-refractivity contribution in [1.29, 1.82) is 0 Å². The molecule has 1 atom stereocenters. The van der Waals surface area contributed by atoms with E-state index in [1.165, 1.54) is 37.1 Å². The fraction of sp³-hybridized carbons (Fsp3) is 0.812. The molecule has 4 heteroatoms. The maximum Gasteiger partial charge on any atom is 0.0794 e. The minimum absolute atomic E-state index is 0.326. The average Bonchev–Trinajstić information content (AvgIpc) is 3.02. The molecule has 0 bridgehead atoms. The molecule has 0 radical (unpaired) electrons. The molecule has 1 unspecified atom stereocenters. The maximum atomic E-state index is 4.25. The van der Waals surface area contributed by atoms with Crippen LogP contribution in [0.25, 0.3) is 0 Å². The molecule has 2 fully saturated rings. The number of hydrogen-bond acceptors (Lipinski definition) is 4. The van der Waals surface area contributed by atoms with E-state index in [9.17, 15) is 0 Å². The molecule has 1 aromatic heterocycles. The lowest BCUT2D eigenvalue weighted by atomic mass is 9.81. The largest absolute Gasteiger partial charge is 0.310 e. The molecule has 1 N–H and O–H groups in total. The Labute approximate surface area is 126 Å². The van der Waals surface area contributed by atoms with Crippen LogP contribution in [0.1, 0.15) is 51.3 Å². The quantitative estimate of drug-likeness (QED) is 0.907. The van der Waals surface area contributed by atoms with Crippen molar-refractivity contribution in [2.75, 3.05) is 13.1 Å². The minimum atomic E-state index is 0.326. The fourth-order valence-electron chi connectivity index (χ4n) is 3.75. The van der Waals surface area contributed by atoms with E-state index in [0.29, 0.717) is 17.0 Å². The number of aromatic nitrogens is 1. The van der Waals surface area contributed by atoms with Crippen LogP contribution >= 0.6 is 11.3 Å². The van der Waals surface area contributed by atoms with Gasteiger partial charge in [-0.2, -0.15) is 0 Å². The molecule has 1 saturated heterocycles. The van der Waals surface area contributed by atoms with Crippen LogP contribution in [0.5, 0.6) is 0 Å². The number of hydrogen-bond donors (Lipinski definition) is 1. The molecule has 112 valence electrons. The Morgan fingerprint density at radius 3 is 2.75 bits per heavy atom. The van der Waals surface area contributed by atoms with Gasteiger partial charge in [-0.25, -0.2) is 0 Å². The minimum Gasteiger partial charge on any atom is -0.310 e. The van der Waals surface area contributed by atoms with Crippen molar-refractivity contribution in [3.63, 3.8) is 0 Å². The molecule has 2 aliphatic rings. The van der Waals surface area contributed by atoms with Gasteiger partial charge in [0, 0.05) is 42.3 Å². The average molecular weight is 293 g/mol. The lowest BCUT2D eigenvalue weighted by Crippen LogP contribution is -2.65. The second-order valence-electron chi connectivity index (χ2n) is 7.58. The summed E-state index contributed by atoms with van der Waals surface area (Å²) in [6.45, 7) is 10.5. The first-order valence-corrected chi connectivity index (χ1v) is 8.73. The van der Waals surface area contributed by atoms with Crippen LogP contribution in [-0.2, 0) is 6.54 Å². The first kappa shape index (κ1) is 14.5. The van der Waals surface area contributed by atoms with Gasteiger partial charge in [0.05, 0.1) is 5.51 Å². The van der Waals surface area contributed by atoms with Gasteiger partial charge < -0.3 is 5.32 Å². The van der Waals surface area contributed by atoms with Crippen LogP contribution in [-0.4, -0.2) is 34.6 Å². The Kier molecular flexibility index (Phi) is 3.91. The van der Waals surface area contributed by atoms with Crippen molar-refractivity contribution in [3.05, 3.63) is 16.6 Å². The van der Waals surface area contributed by atoms with Gasteiger partial charge in [0.15, 0.2) is 0 Å². The second kappa shape index (κ2) is 5.39. The Hall–Kier alpha value is -0.450. The van der Waals surface area contributed by atoms with E-state index in [1.54, 1.807) is 11.3 Å². The normalized spacial score (nSPS) is 27.2. The first-order chi connectivity index (χ1) is 9.50. The highest BCUT2D eigenvalue weighted by Crippen LogP contribution is 2.39. The third-order valence-corrected chi connectivity index (χ3v) is 5.93. The molecule has 1 aromatic rings. The van der Waals surface area contributed by atoms with E-state index < -0.39 is 0 Å². The van der Waals surface area contributed by atoms with Crippen LogP contribution in [0.2, 0.25) is 0 Å². The van der Waals surface area contributed by atoms with Gasteiger partial charge in [-0.15, -0.1) is 11.3 Å². The molecule has 1 spiro atoms. The number of nitrogens with one attached hydrogen (secondary N) is 1. The number of piperazine rings is 1. The smallest absolute Gasteiger partial charge is 0.0794 e. The van der Waals surface area contributed by atoms with Gasteiger partial charge in [0.1, 0.15) is 0 Å². The Morgan fingerprint density at radius 2 is 2.15 bits per heavy atom. The van der Waals surface area contributed by atoms with Crippen molar-refractivity contribution in [1.82, 2.24) is 15.2 Å². The molecule has 2 heterocycles. The Bertz CT molecular complexity index is 429. The van der Waals surface area contributed by atoms with Crippen LogP contribution < -0.4 is 5.32 Å². The van der Waals surface area contributed by atoms with Crippen LogP contribution in [0.4, 0.5) is 0 Å². The van der Waals surface area contributed by atoms with Crippen molar-refractivity contribution >= 4 is 11.3 Å². The van der Waals surface area contributed by atoms with E-state index >= 15 is 0 Å². The maximum absolute atomic E-state index is 4.25. The summed E-state index contributed by atoms with van der Waals surface area (Å²) < 4.78 is 0. The highest BCUT2D eigenvalue weighted by atomic mass is 32.1. The van der Waals surface area contributed by atoms with Crippen LogP contribution in [0, 0.1) is 5.41 Å². The molecule has 1 saturated carbocycles. The number of thiazole rings is 1. The van der Waals surface area contributed by atoms with E-state index in [1.807, 2.05) is 11.7 Å². The SMILES string of the molecule is CC(C)(C)C1CN(Cc2cncs2)C2(CCCC2)CN1. The molecule has 1 aliphatic heterocycles. The molecule has 0 amide bonds. The van der Waals surface area contributed by atoms with Crippen LogP contribution in [0.3, 0.4) is 0 Å². The predicted molar refractivity (Wildman–Crippen MR) is 85.0 cm³/mol. The van der Waals surface area contributed by atoms with Crippen LogP contribution in [0.15, 0.2) is 11.7 Å². The molecule has 20 heavy (non-hydrogen) atoms. The van der Waals surface area contributed by atoms with Gasteiger partial charge >= 0.3 is 0 Å². The zero-order chi connectivity index (χ0) is 14.2. The molecule has 1 aliphatic carbocycles. The summed E-state index contributed by atoms with van der Waals surface area (Å²) in [5.74, 6) is 0. The third-order valence-electron chi connectivity index (χ3n) is 5.16. The first-order valence-electron chi connectivity index (χ1n) is 7.85. The topological polar surface area (TPSA) is 28.2 Å². The van der Waals surface area contributed by atoms with Gasteiger partial charge in [-0.1, -0.05) is 33.6 Å². The highest BCUT2D eigenvalue weighted by Gasteiger charge is 2.45. The van der Waals surface area contributed by atoms with Crippen molar-refractivity contribution in [2.45, 2.75) is 64.6 Å². The summed E-state index contributed by atoms with van der Waals surface area (Å²) in [6, 6.07) is 0.585. The second-order valence-corrected chi connectivity index (χ2v) is 8.55. The summed E-state index contributed by atoms with van der Waals surface area (Å²) in [6.07, 6.45) is 7.54. The van der Waals surface area contributed by atoms with Gasteiger partial charge in [-0.3, -0.25) is 9.88 Å². The number of nitrogens with zero attached hydrogens (tertiary/aromatic N) is 2. The standard InChI is InChI=1S/C16H27N3S/c1-15(2,3)14-10-19(9-13-8-17-12-20-13)16(11-18-14)6-4-5-7-16/h8,12,14,18H,4-7,9-11H2,1-3H3. The predicted octanol–water partition coefficient (Wildman–Crippen LogP) is 3.28. The summed E-state index contributed by atoms with van der Waals surface area (Å²) in [7, 11) is 0. The lowest BCUT2D eigenvalue weighted by Gasteiger charge is -2.51. The molecular formula is C16H27N3S. The summed E-state index contributed by atoms with van der Waals surface area (Å²) >= 11 is 1.79. The zero-order valence-electron chi connectivity index (χ0n) is 13.0. The highest BCUT2D eigenvalue weighted by molar-refractivity contribution is 7.09. The van der Waals surface area contributed by atoms with Crippen molar-refractivity contribution in [2.24, 2.45) is 5.41 Å². The third kappa shape index (κ3) is 2.78. The fourth-order valence-corrected chi connectivity index (χ4v) is 4.36. The summed E-state index contributed by atoms with van der Waals surface area (Å²) in [5.41, 5.74) is 2.69. The van der Waals surface area contributed by atoms with Gasteiger partial charge in [-0.05, 0) is 18.3 Å². The van der Waals surface area contributed by atoms with Crippen molar-refractivity contribution < 1.29 is 0 Å². The van der Waals surface area contributed by atoms with E-state index in [-0.39, 0.29) is 0 Å². The molecule has 3 nitrogen and oxygen atoms in total.